The third-order valence-corrected chi connectivity index (χ3v) is 2.85. The summed E-state index contributed by atoms with van der Waals surface area (Å²) in [5, 5.41) is 9.98. The summed E-state index contributed by atoms with van der Waals surface area (Å²) in [5.41, 5.74) is -0.365. The van der Waals surface area contributed by atoms with Gasteiger partial charge in [-0.2, -0.15) is 18.3 Å². The Hall–Kier alpha value is -1.17. The van der Waals surface area contributed by atoms with Gasteiger partial charge < -0.3 is 5.32 Å². The van der Waals surface area contributed by atoms with Crippen LogP contribution in [-0.2, 0) is 6.18 Å². The summed E-state index contributed by atoms with van der Waals surface area (Å²) >= 11 is 0. The first-order valence-electron chi connectivity index (χ1n) is 5.48. The average Bonchev–Trinajstić information content (AvgIpc) is 2.29. The zero-order chi connectivity index (χ0) is 13.1. The van der Waals surface area contributed by atoms with Gasteiger partial charge in [0.1, 0.15) is 0 Å². The van der Waals surface area contributed by atoms with E-state index in [0.717, 1.165) is 12.5 Å². The second kappa shape index (κ2) is 5.44. The standard InChI is InChI=1S/C11H16F3N3/c1-4-8(7(2)15-3)9-5-6-10(17-16-9)11(12,13)14/h5-8,15H,4H2,1-3H3. The van der Waals surface area contributed by atoms with Gasteiger partial charge in [0.05, 0.1) is 5.69 Å². The Morgan fingerprint density at radius 3 is 2.29 bits per heavy atom. The van der Waals surface area contributed by atoms with Gasteiger partial charge in [-0.15, -0.1) is 5.10 Å². The first-order valence-corrected chi connectivity index (χ1v) is 5.48. The molecule has 0 aliphatic rings. The molecule has 1 N–H and O–H groups in total. The third kappa shape index (κ3) is 3.39. The van der Waals surface area contributed by atoms with E-state index in [0.29, 0.717) is 5.69 Å². The average molecular weight is 247 g/mol. The summed E-state index contributed by atoms with van der Waals surface area (Å²) in [6, 6.07) is 2.52. The van der Waals surface area contributed by atoms with Gasteiger partial charge in [-0.25, -0.2) is 0 Å². The molecule has 2 unspecified atom stereocenters. The summed E-state index contributed by atoms with van der Waals surface area (Å²) in [6.45, 7) is 3.94. The number of hydrogen-bond donors (Lipinski definition) is 1. The molecule has 0 aliphatic heterocycles. The Balaban J connectivity index is 2.93. The van der Waals surface area contributed by atoms with Gasteiger partial charge >= 0.3 is 6.18 Å². The quantitative estimate of drug-likeness (QED) is 0.888. The Morgan fingerprint density at radius 1 is 1.29 bits per heavy atom. The van der Waals surface area contributed by atoms with Crippen molar-refractivity contribution in [3.63, 3.8) is 0 Å². The lowest BCUT2D eigenvalue weighted by atomic mass is 9.94. The highest BCUT2D eigenvalue weighted by Gasteiger charge is 2.33. The zero-order valence-electron chi connectivity index (χ0n) is 10.0. The Morgan fingerprint density at radius 2 is 1.94 bits per heavy atom. The van der Waals surface area contributed by atoms with Gasteiger partial charge in [-0.1, -0.05) is 6.92 Å². The largest absolute Gasteiger partial charge is 0.435 e. The number of rotatable bonds is 4. The maximum atomic E-state index is 12.3. The second-order valence-corrected chi connectivity index (χ2v) is 3.93. The van der Waals surface area contributed by atoms with Crippen molar-refractivity contribution in [1.82, 2.24) is 15.5 Å². The van der Waals surface area contributed by atoms with Crippen molar-refractivity contribution in [3.8, 4) is 0 Å². The summed E-state index contributed by atoms with van der Waals surface area (Å²) in [5.74, 6) is 0.0646. The van der Waals surface area contributed by atoms with Crippen molar-refractivity contribution in [2.24, 2.45) is 0 Å². The van der Waals surface area contributed by atoms with Gasteiger partial charge in [-0.3, -0.25) is 0 Å². The minimum Gasteiger partial charge on any atom is -0.317 e. The van der Waals surface area contributed by atoms with Gasteiger partial charge in [-0.05, 0) is 32.5 Å². The maximum absolute atomic E-state index is 12.3. The van der Waals surface area contributed by atoms with Crippen LogP contribution in [0.25, 0.3) is 0 Å². The summed E-state index contributed by atoms with van der Waals surface area (Å²) in [6.07, 6.45) is -3.64. The highest BCUT2D eigenvalue weighted by atomic mass is 19.4. The van der Waals surface area contributed by atoms with Gasteiger partial charge in [0, 0.05) is 12.0 Å². The highest BCUT2D eigenvalue weighted by Crippen LogP contribution is 2.28. The molecule has 0 aromatic carbocycles. The molecular weight excluding hydrogens is 231 g/mol. The number of hydrogen-bond acceptors (Lipinski definition) is 3. The molecular formula is C11H16F3N3. The second-order valence-electron chi connectivity index (χ2n) is 3.93. The van der Waals surface area contributed by atoms with Crippen molar-refractivity contribution in [3.05, 3.63) is 23.5 Å². The van der Waals surface area contributed by atoms with Crippen LogP contribution in [0, 0.1) is 0 Å². The summed E-state index contributed by atoms with van der Waals surface area (Å²) in [7, 11) is 1.81. The molecule has 17 heavy (non-hydrogen) atoms. The molecule has 0 aliphatic carbocycles. The molecule has 3 nitrogen and oxygen atoms in total. The fraction of sp³-hybridized carbons (Fsp3) is 0.636. The van der Waals surface area contributed by atoms with E-state index in [1.54, 1.807) is 0 Å². The van der Waals surface area contributed by atoms with E-state index in [4.69, 9.17) is 0 Å². The van der Waals surface area contributed by atoms with Crippen molar-refractivity contribution in [2.45, 2.75) is 38.4 Å². The molecule has 1 aromatic heterocycles. The van der Waals surface area contributed by atoms with Crippen LogP contribution in [-0.4, -0.2) is 23.3 Å². The van der Waals surface area contributed by atoms with Crippen LogP contribution in [0.15, 0.2) is 12.1 Å². The molecule has 1 heterocycles. The minimum absolute atomic E-state index is 0.0646. The van der Waals surface area contributed by atoms with Crippen molar-refractivity contribution in [2.75, 3.05) is 7.05 Å². The first kappa shape index (κ1) is 13.9. The van der Waals surface area contributed by atoms with Gasteiger partial charge in [0.2, 0.25) is 0 Å². The van der Waals surface area contributed by atoms with E-state index in [1.165, 1.54) is 6.07 Å². The predicted molar refractivity (Wildman–Crippen MR) is 58.6 cm³/mol. The zero-order valence-corrected chi connectivity index (χ0v) is 10.0. The molecule has 0 radical (unpaired) electrons. The summed E-state index contributed by atoms with van der Waals surface area (Å²) in [4.78, 5) is 0. The van der Waals surface area contributed by atoms with Gasteiger partial charge in [0.25, 0.3) is 0 Å². The number of alkyl halides is 3. The van der Waals surface area contributed by atoms with Crippen molar-refractivity contribution >= 4 is 0 Å². The number of halogens is 3. The number of nitrogens with zero attached hydrogens (tertiary/aromatic N) is 2. The van der Waals surface area contributed by atoms with Crippen LogP contribution >= 0.6 is 0 Å². The van der Waals surface area contributed by atoms with Crippen molar-refractivity contribution < 1.29 is 13.2 Å². The van der Waals surface area contributed by atoms with E-state index >= 15 is 0 Å². The predicted octanol–water partition coefficient (Wildman–Crippen LogP) is 2.60. The van der Waals surface area contributed by atoms with Crippen LogP contribution < -0.4 is 5.32 Å². The van der Waals surface area contributed by atoms with E-state index in [1.807, 2.05) is 20.9 Å². The fourth-order valence-corrected chi connectivity index (χ4v) is 1.71. The lowest BCUT2D eigenvalue weighted by molar-refractivity contribution is -0.141. The molecule has 0 bridgehead atoms. The maximum Gasteiger partial charge on any atom is 0.435 e. The monoisotopic (exact) mass is 247 g/mol. The Kier molecular flexibility index (Phi) is 4.45. The molecule has 6 heteroatoms. The number of nitrogens with one attached hydrogen (secondary N) is 1. The molecule has 0 saturated heterocycles. The third-order valence-electron chi connectivity index (χ3n) is 2.85. The Bertz CT molecular complexity index is 348. The normalized spacial score (nSPS) is 15.6. The van der Waals surface area contributed by atoms with E-state index in [2.05, 4.69) is 15.5 Å². The molecule has 1 aromatic rings. The molecule has 96 valence electrons. The first-order chi connectivity index (χ1) is 7.90. The van der Waals surface area contributed by atoms with E-state index < -0.39 is 11.9 Å². The topological polar surface area (TPSA) is 37.8 Å². The van der Waals surface area contributed by atoms with E-state index in [9.17, 15) is 13.2 Å². The van der Waals surface area contributed by atoms with Crippen LogP contribution in [0.3, 0.4) is 0 Å². The van der Waals surface area contributed by atoms with E-state index in [-0.39, 0.29) is 12.0 Å². The minimum atomic E-state index is -4.43. The lowest BCUT2D eigenvalue weighted by Crippen LogP contribution is -2.29. The van der Waals surface area contributed by atoms with Crippen LogP contribution in [0.1, 0.15) is 37.6 Å². The van der Waals surface area contributed by atoms with Crippen LogP contribution in [0.5, 0.6) is 0 Å². The van der Waals surface area contributed by atoms with Crippen LogP contribution in [0.2, 0.25) is 0 Å². The number of aromatic nitrogens is 2. The molecule has 0 saturated carbocycles. The molecule has 0 fully saturated rings. The smallest absolute Gasteiger partial charge is 0.317 e. The fourth-order valence-electron chi connectivity index (χ4n) is 1.71. The highest BCUT2D eigenvalue weighted by molar-refractivity contribution is 5.14. The van der Waals surface area contributed by atoms with Crippen molar-refractivity contribution in [1.29, 1.82) is 0 Å². The summed E-state index contributed by atoms with van der Waals surface area (Å²) < 4.78 is 36.9. The molecule has 0 spiro atoms. The molecule has 1 rings (SSSR count). The number of likely N-dealkylation sites (N-methyl/N-ethyl adjacent to an activating group) is 1. The Labute approximate surface area is 98.4 Å². The SMILES string of the molecule is CCC(c1ccc(C(F)(F)F)nn1)C(C)NC. The molecule has 0 amide bonds. The molecule has 2 atom stereocenters. The lowest BCUT2D eigenvalue weighted by Gasteiger charge is -2.21. The van der Waals surface area contributed by atoms with Crippen LogP contribution in [0.4, 0.5) is 13.2 Å². The van der Waals surface area contributed by atoms with Gasteiger partial charge in [0.15, 0.2) is 5.69 Å².